The number of carbonyl (C=O) groups is 2. The first kappa shape index (κ1) is 17.4. The van der Waals surface area contributed by atoms with Crippen molar-refractivity contribution >= 4 is 22.8 Å². The van der Waals surface area contributed by atoms with Crippen molar-refractivity contribution < 1.29 is 14.3 Å². The molecule has 0 spiro atoms. The second kappa shape index (κ2) is 7.21. The first-order chi connectivity index (χ1) is 12.0. The van der Waals surface area contributed by atoms with E-state index in [9.17, 15) is 9.59 Å². The van der Waals surface area contributed by atoms with Crippen LogP contribution in [0.2, 0.25) is 0 Å². The molecule has 132 valence electrons. The number of fused-ring (bicyclic) bond motifs is 1. The van der Waals surface area contributed by atoms with Crippen molar-refractivity contribution in [3.63, 3.8) is 0 Å². The number of esters is 1. The fraction of sp³-hybridized carbons (Fsp3) is 0.450. The lowest BCUT2D eigenvalue weighted by Gasteiger charge is -2.21. The summed E-state index contributed by atoms with van der Waals surface area (Å²) >= 11 is 0. The molecule has 0 radical (unpaired) electrons. The van der Waals surface area contributed by atoms with E-state index in [4.69, 9.17) is 4.74 Å². The number of aromatic nitrogens is 1. The summed E-state index contributed by atoms with van der Waals surface area (Å²) in [6.07, 6.45) is 1.99. The number of rotatable bonds is 4. The highest BCUT2D eigenvalue weighted by Crippen LogP contribution is 2.25. The van der Waals surface area contributed by atoms with Gasteiger partial charge in [0.1, 0.15) is 0 Å². The van der Waals surface area contributed by atoms with Crippen molar-refractivity contribution in [2.75, 3.05) is 13.1 Å². The summed E-state index contributed by atoms with van der Waals surface area (Å²) in [4.78, 5) is 31.7. The number of amides is 1. The third kappa shape index (κ3) is 3.36. The van der Waals surface area contributed by atoms with Crippen LogP contribution >= 0.6 is 0 Å². The summed E-state index contributed by atoms with van der Waals surface area (Å²) in [6.45, 7) is 7.05. The van der Waals surface area contributed by atoms with Crippen molar-refractivity contribution in [2.24, 2.45) is 0 Å². The van der Waals surface area contributed by atoms with E-state index in [0.717, 1.165) is 54.5 Å². The summed E-state index contributed by atoms with van der Waals surface area (Å²) < 4.78 is 5.54. The van der Waals surface area contributed by atoms with Gasteiger partial charge >= 0.3 is 5.97 Å². The van der Waals surface area contributed by atoms with Gasteiger partial charge in [-0.15, -0.1) is 0 Å². The highest BCUT2D eigenvalue weighted by atomic mass is 16.5. The maximum atomic E-state index is 12.9. The molecule has 2 heterocycles. The summed E-state index contributed by atoms with van der Waals surface area (Å²) in [5.41, 5.74) is 3.00. The van der Waals surface area contributed by atoms with Crippen LogP contribution in [0.15, 0.2) is 24.3 Å². The fourth-order valence-corrected chi connectivity index (χ4v) is 3.43. The molecule has 5 heteroatoms. The molecule has 1 aromatic heterocycles. The Morgan fingerprint density at radius 2 is 1.92 bits per heavy atom. The van der Waals surface area contributed by atoms with Crippen LogP contribution in [0, 0.1) is 6.92 Å². The van der Waals surface area contributed by atoms with Crippen molar-refractivity contribution in [1.82, 2.24) is 9.88 Å². The molecule has 1 saturated heterocycles. The smallest absolute Gasteiger partial charge is 0.339 e. The molecule has 1 aliphatic rings. The minimum absolute atomic E-state index is 0.113. The van der Waals surface area contributed by atoms with Crippen LogP contribution in [0.5, 0.6) is 0 Å². The molecule has 5 nitrogen and oxygen atoms in total. The summed E-state index contributed by atoms with van der Waals surface area (Å²) in [5.74, 6) is -0.566. The van der Waals surface area contributed by atoms with Gasteiger partial charge in [0.2, 0.25) is 0 Å². The van der Waals surface area contributed by atoms with Gasteiger partial charge < -0.3 is 9.64 Å². The van der Waals surface area contributed by atoms with E-state index in [1.807, 2.05) is 38.1 Å². The van der Waals surface area contributed by atoms with Gasteiger partial charge in [0.15, 0.2) is 6.10 Å². The Morgan fingerprint density at radius 3 is 2.60 bits per heavy atom. The zero-order chi connectivity index (χ0) is 18.0. The maximum Gasteiger partial charge on any atom is 0.339 e. The maximum absolute atomic E-state index is 12.9. The standard InChI is InChI=1S/C20H24N2O3/c1-4-16-13(2)18(15-9-5-6-10-17(15)21-16)20(24)25-14(3)19(23)22-11-7-8-12-22/h5-6,9-10,14H,4,7-8,11-12H2,1-3H3/t14-/m0/s1. The number of para-hydroxylation sites is 1. The van der Waals surface area contributed by atoms with Gasteiger partial charge in [-0.05, 0) is 44.7 Å². The number of likely N-dealkylation sites (tertiary alicyclic amines) is 1. The second-order valence-corrected chi connectivity index (χ2v) is 6.51. The van der Waals surface area contributed by atoms with Crippen molar-refractivity contribution in [3.8, 4) is 0 Å². The highest BCUT2D eigenvalue weighted by Gasteiger charge is 2.28. The van der Waals surface area contributed by atoms with Gasteiger partial charge in [0.25, 0.3) is 5.91 Å². The topological polar surface area (TPSA) is 59.5 Å². The van der Waals surface area contributed by atoms with Crippen LogP contribution in [0.1, 0.15) is 48.3 Å². The molecule has 0 bridgehead atoms. The Kier molecular flexibility index (Phi) is 5.02. The molecule has 3 rings (SSSR count). The van der Waals surface area contributed by atoms with Gasteiger partial charge in [-0.3, -0.25) is 9.78 Å². The van der Waals surface area contributed by atoms with Crippen LogP contribution in [-0.2, 0) is 16.0 Å². The van der Waals surface area contributed by atoms with Crippen LogP contribution in [0.4, 0.5) is 0 Å². The number of carbonyl (C=O) groups excluding carboxylic acids is 2. The predicted octanol–water partition coefficient (Wildman–Crippen LogP) is 3.27. The SMILES string of the molecule is CCc1nc2ccccc2c(C(=O)O[C@@H](C)C(=O)N2CCCC2)c1C. The lowest BCUT2D eigenvalue weighted by molar-refractivity contribution is -0.138. The van der Waals surface area contributed by atoms with Crippen molar-refractivity contribution in [2.45, 2.75) is 46.1 Å². The lowest BCUT2D eigenvalue weighted by atomic mass is 10.0. The van der Waals surface area contributed by atoms with Gasteiger partial charge in [-0.25, -0.2) is 4.79 Å². The number of aryl methyl sites for hydroxylation is 1. The molecule has 1 aromatic carbocycles. The molecule has 0 N–H and O–H groups in total. The first-order valence-corrected chi connectivity index (χ1v) is 8.91. The summed E-state index contributed by atoms with van der Waals surface area (Å²) in [6, 6.07) is 7.55. The van der Waals surface area contributed by atoms with Gasteiger partial charge in [-0.1, -0.05) is 25.1 Å². The Hall–Kier alpha value is -2.43. The van der Waals surface area contributed by atoms with Crippen LogP contribution in [0.3, 0.4) is 0 Å². The average molecular weight is 340 g/mol. The second-order valence-electron chi connectivity index (χ2n) is 6.51. The van der Waals surface area contributed by atoms with E-state index >= 15 is 0 Å². The number of pyridine rings is 1. The number of hydrogen-bond donors (Lipinski definition) is 0. The first-order valence-electron chi connectivity index (χ1n) is 8.91. The van der Waals surface area contributed by atoms with E-state index in [0.29, 0.717) is 5.56 Å². The third-order valence-corrected chi connectivity index (χ3v) is 4.83. The molecule has 0 aliphatic carbocycles. The largest absolute Gasteiger partial charge is 0.449 e. The Bertz CT molecular complexity index is 810. The molecule has 1 atom stereocenters. The van der Waals surface area contributed by atoms with Crippen LogP contribution in [-0.4, -0.2) is 41.0 Å². The molecule has 0 saturated carbocycles. The van der Waals surface area contributed by atoms with Gasteiger partial charge in [-0.2, -0.15) is 0 Å². The molecular weight excluding hydrogens is 316 g/mol. The van der Waals surface area contributed by atoms with Crippen molar-refractivity contribution in [3.05, 3.63) is 41.1 Å². The molecule has 0 unspecified atom stereocenters. The molecular formula is C20H24N2O3. The minimum atomic E-state index is -0.776. The molecule has 1 amide bonds. The summed E-state index contributed by atoms with van der Waals surface area (Å²) in [7, 11) is 0. The Labute approximate surface area is 148 Å². The number of nitrogens with zero attached hydrogens (tertiary/aromatic N) is 2. The predicted molar refractivity (Wildman–Crippen MR) is 96.5 cm³/mol. The number of benzene rings is 1. The number of hydrogen-bond acceptors (Lipinski definition) is 4. The third-order valence-electron chi connectivity index (χ3n) is 4.83. The lowest BCUT2D eigenvalue weighted by Crippen LogP contribution is -2.38. The van der Waals surface area contributed by atoms with E-state index in [1.54, 1.807) is 11.8 Å². The minimum Gasteiger partial charge on any atom is -0.449 e. The number of ether oxygens (including phenoxy) is 1. The van der Waals surface area contributed by atoms with E-state index in [1.165, 1.54) is 0 Å². The van der Waals surface area contributed by atoms with Crippen molar-refractivity contribution in [1.29, 1.82) is 0 Å². The Morgan fingerprint density at radius 1 is 1.24 bits per heavy atom. The quantitative estimate of drug-likeness (QED) is 0.802. The highest BCUT2D eigenvalue weighted by molar-refractivity contribution is 6.05. The molecule has 1 aliphatic heterocycles. The van der Waals surface area contributed by atoms with E-state index < -0.39 is 12.1 Å². The summed E-state index contributed by atoms with van der Waals surface area (Å²) in [5, 5.41) is 0.767. The molecule has 25 heavy (non-hydrogen) atoms. The zero-order valence-corrected chi connectivity index (χ0v) is 15.0. The normalized spacial score (nSPS) is 15.4. The van der Waals surface area contributed by atoms with Gasteiger partial charge in [0, 0.05) is 24.2 Å². The molecule has 2 aromatic rings. The van der Waals surface area contributed by atoms with Crippen LogP contribution in [0.25, 0.3) is 10.9 Å². The van der Waals surface area contributed by atoms with E-state index in [2.05, 4.69) is 4.98 Å². The fourth-order valence-electron chi connectivity index (χ4n) is 3.43. The Balaban J connectivity index is 1.91. The monoisotopic (exact) mass is 340 g/mol. The average Bonchev–Trinajstić information content (AvgIpc) is 3.14. The van der Waals surface area contributed by atoms with Crippen LogP contribution < -0.4 is 0 Å². The van der Waals surface area contributed by atoms with E-state index in [-0.39, 0.29) is 5.91 Å². The molecule has 1 fully saturated rings. The van der Waals surface area contributed by atoms with Gasteiger partial charge in [0.05, 0.1) is 11.1 Å². The zero-order valence-electron chi connectivity index (χ0n) is 15.0.